The number of nitrogens with zero attached hydrogens (tertiary/aromatic N) is 1. The summed E-state index contributed by atoms with van der Waals surface area (Å²) < 4.78 is 6.62. The molecule has 0 unspecified atom stereocenters. The molecule has 4 fully saturated rings. The maximum atomic E-state index is 14.7. The molecule has 0 aromatic heterocycles. The Bertz CT molecular complexity index is 1450. The molecular weight excluding hydrogens is 626 g/mol. The van der Waals surface area contributed by atoms with Crippen LogP contribution in [0.25, 0.3) is 0 Å². The molecule has 0 heterocycles. The average Bonchev–Trinajstić information content (AvgIpc) is 2.97. The van der Waals surface area contributed by atoms with Crippen LogP contribution in [0, 0.1) is 50.2 Å². The van der Waals surface area contributed by atoms with E-state index in [4.69, 9.17) is 14.7 Å². The number of hydrogen-bond donors (Lipinski definition) is 0. The van der Waals surface area contributed by atoms with Gasteiger partial charge in [0.15, 0.2) is 5.78 Å². The molecule has 0 aliphatic heterocycles. The number of benzene rings is 1. The Morgan fingerprint density at radius 3 is 2.40 bits per heavy atom. The minimum Gasteiger partial charge on any atom is -0.466 e. The molecule has 0 spiro atoms. The third-order valence-corrected chi connectivity index (χ3v) is 15.3. The third-order valence-electron chi connectivity index (χ3n) is 14.5. The monoisotopic (exact) mass is 679 g/mol. The Morgan fingerprint density at radius 2 is 1.69 bits per heavy atom. The lowest BCUT2D eigenvalue weighted by Gasteiger charge is -2.70. The quantitative estimate of drug-likeness (QED) is 0.230. The van der Waals surface area contributed by atoms with E-state index in [2.05, 4.69) is 76.5 Å². The van der Waals surface area contributed by atoms with Gasteiger partial charge in [-0.2, -0.15) is 0 Å². The van der Waals surface area contributed by atoms with Gasteiger partial charge in [0.05, 0.1) is 17.7 Å². The normalized spacial score (nSPS) is 42.9. The van der Waals surface area contributed by atoms with Gasteiger partial charge in [-0.25, -0.2) is 0 Å². The number of carbonyl (C=O) groups is 2. The predicted octanol–water partition coefficient (Wildman–Crippen LogP) is 9.87. The van der Waals surface area contributed by atoms with Gasteiger partial charge in [0.25, 0.3) is 0 Å². The first-order chi connectivity index (χ1) is 21.1. The SMILES string of the molecule is CCOC(=O)[C@@]1(C)CC[C@]2(C)CC[C@]3(C)C(=CC(=O)[C@@H]4[C@@]5(C)CC/C(=N\OCc6ccccc6Br)C(C)(C)[C@@H]5CC[C@]43C)[C@@H]2C1. The fourth-order valence-corrected chi connectivity index (χ4v) is 11.8. The summed E-state index contributed by atoms with van der Waals surface area (Å²) in [5.41, 5.74) is 2.70. The first-order valence-corrected chi connectivity index (χ1v) is 18.2. The van der Waals surface area contributed by atoms with Crippen LogP contribution in [-0.2, 0) is 25.8 Å². The lowest BCUT2D eigenvalue weighted by Crippen LogP contribution is -2.66. The van der Waals surface area contributed by atoms with Crippen molar-refractivity contribution in [1.82, 2.24) is 0 Å². The molecule has 6 heteroatoms. The second kappa shape index (κ2) is 11.1. The Balaban J connectivity index is 1.31. The van der Waals surface area contributed by atoms with E-state index in [1.165, 1.54) is 5.57 Å². The summed E-state index contributed by atoms with van der Waals surface area (Å²) in [5, 5.41) is 4.77. The number of ether oxygens (including phenoxy) is 1. The second-order valence-electron chi connectivity index (χ2n) is 17.1. The van der Waals surface area contributed by atoms with Crippen LogP contribution in [-0.4, -0.2) is 24.1 Å². The lowest BCUT2D eigenvalue weighted by atomic mass is 9.33. The number of allylic oxidation sites excluding steroid dienone is 2. The van der Waals surface area contributed by atoms with Crippen molar-refractivity contribution >= 4 is 33.4 Å². The fourth-order valence-electron chi connectivity index (χ4n) is 11.4. The largest absolute Gasteiger partial charge is 0.466 e. The Labute approximate surface area is 279 Å². The van der Waals surface area contributed by atoms with Crippen molar-refractivity contribution in [3.05, 3.63) is 46.0 Å². The van der Waals surface area contributed by atoms with E-state index in [0.717, 1.165) is 73.5 Å². The summed E-state index contributed by atoms with van der Waals surface area (Å²) in [6.45, 7) is 19.3. The van der Waals surface area contributed by atoms with Crippen molar-refractivity contribution in [3.8, 4) is 0 Å². The molecule has 5 nitrogen and oxygen atoms in total. The minimum atomic E-state index is -0.495. The highest BCUT2D eigenvalue weighted by molar-refractivity contribution is 9.10. The van der Waals surface area contributed by atoms with Crippen molar-refractivity contribution in [1.29, 1.82) is 0 Å². The molecule has 5 aliphatic rings. The fraction of sp³-hybridized carbons (Fsp3) is 0.718. The highest BCUT2D eigenvalue weighted by atomic mass is 79.9. The van der Waals surface area contributed by atoms with E-state index in [0.29, 0.717) is 24.9 Å². The van der Waals surface area contributed by atoms with Crippen LogP contribution in [0.3, 0.4) is 0 Å². The molecule has 1 aromatic carbocycles. The number of halogens is 1. The van der Waals surface area contributed by atoms with Crippen LogP contribution in [0.5, 0.6) is 0 Å². The maximum absolute atomic E-state index is 14.7. The first-order valence-electron chi connectivity index (χ1n) is 17.4. The molecule has 4 saturated carbocycles. The third kappa shape index (κ3) is 4.84. The Kier molecular flexibility index (Phi) is 8.10. The Morgan fingerprint density at radius 1 is 0.978 bits per heavy atom. The maximum Gasteiger partial charge on any atom is 0.311 e. The topological polar surface area (TPSA) is 65.0 Å². The zero-order valence-electron chi connectivity index (χ0n) is 28.9. The highest BCUT2D eigenvalue weighted by Crippen LogP contribution is 2.75. The molecule has 0 bridgehead atoms. The van der Waals surface area contributed by atoms with Gasteiger partial charge in [-0.05, 0) is 117 Å². The zero-order chi connectivity index (χ0) is 32.6. The van der Waals surface area contributed by atoms with Gasteiger partial charge >= 0.3 is 5.97 Å². The lowest BCUT2D eigenvalue weighted by molar-refractivity contribution is -0.177. The van der Waals surface area contributed by atoms with Gasteiger partial charge in [0, 0.05) is 21.4 Å². The molecule has 1 aromatic rings. The number of ketones is 1. The summed E-state index contributed by atoms with van der Waals surface area (Å²) in [6.07, 6.45) is 10.9. The molecule has 8 atom stereocenters. The van der Waals surface area contributed by atoms with E-state index in [1.807, 2.05) is 25.1 Å². The summed E-state index contributed by atoms with van der Waals surface area (Å²) in [5.74, 6) is 0.812. The van der Waals surface area contributed by atoms with Gasteiger partial charge in [-0.15, -0.1) is 0 Å². The van der Waals surface area contributed by atoms with Crippen LogP contribution in [0.4, 0.5) is 0 Å². The van der Waals surface area contributed by atoms with E-state index in [1.54, 1.807) is 0 Å². The standard InChI is InChI=1S/C39H54BrNO4/c1-9-44-33(43)36(5)19-18-35(4)20-21-38(7)26(27(35)23-36)22-29(42)32-37(6)16-15-31(34(2,3)30(37)14-17-39(32,38)8)41-45-24-25-12-10-11-13-28(25)40/h10-13,22,27,30,32H,9,14-21,23-24H2,1-8H3/b41-31+/t27-,30-,32+,35+,36-,37-,38+,39+/m0/s1. The van der Waals surface area contributed by atoms with Crippen molar-refractivity contribution < 1.29 is 19.2 Å². The summed E-state index contributed by atoms with van der Waals surface area (Å²) in [7, 11) is 0. The van der Waals surface area contributed by atoms with Gasteiger partial charge in [-0.3, -0.25) is 9.59 Å². The zero-order valence-corrected chi connectivity index (χ0v) is 30.4. The van der Waals surface area contributed by atoms with Gasteiger partial charge in [0.2, 0.25) is 0 Å². The highest BCUT2D eigenvalue weighted by Gasteiger charge is 2.70. The van der Waals surface area contributed by atoms with Crippen molar-refractivity contribution in [3.63, 3.8) is 0 Å². The van der Waals surface area contributed by atoms with Crippen LogP contribution in [0.2, 0.25) is 0 Å². The number of rotatable bonds is 5. The smallest absolute Gasteiger partial charge is 0.311 e. The predicted molar refractivity (Wildman–Crippen MR) is 182 cm³/mol. The average molecular weight is 681 g/mol. The van der Waals surface area contributed by atoms with E-state index < -0.39 is 5.41 Å². The molecule has 5 aliphatic carbocycles. The molecule has 0 amide bonds. The Hall–Kier alpha value is -1.95. The number of esters is 1. The number of carbonyl (C=O) groups excluding carboxylic acids is 2. The van der Waals surface area contributed by atoms with Gasteiger partial charge < -0.3 is 9.57 Å². The molecule has 0 radical (unpaired) electrons. The second-order valence-corrected chi connectivity index (χ2v) is 18.0. The number of hydrogen-bond acceptors (Lipinski definition) is 5. The van der Waals surface area contributed by atoms with E-state index in [9.17, 15) is 9.59 Å². The van der Waals surface area contributed by atoms with Crippen LogP contribution < -0.4 is 0 Å². The molecule has 246 valence electrons. The summed E-state index contributed by atoms with van der Waals surface area (Å²) in [6, 6.07) is 8.12. The first kappa shape index (κ1) is 33.0. The molecule has 0 N–H and O–H groups in total. The van der Waals surface area contributed by atoms with Crippen LogP contribution in [0.1, 0.15) is 119 Å². The molecule has 45 heavy (non-hydrogen) atoms. The van der Waals surface area contributed by atoms with Gasteiger partial charge in [-0.1, -0.05) is 86.4 Å². The van der Waals surface area contributed by atoms with E-state index in [-0.39, 0.29) is 44.9 Å². The molecular formula is C39H54BrNO4. The van der Waals surface area contributed by atoms with Crippen molar-refractivity contribution in [2.24, 2.45) is 55.4 Å². The molecule has 0 saturated heterocycles. The molecule has 6 rings (SSSR count). The number of oxime groups is 1. The van der Waals surface area contributed by atoms with Crippen LogP contribution in [0.15, 0.2) is 45.5 Å². The van der Waals surface area contributed by atoms with Gasteiger partial charge in [0.1, 0.15) is 6.61 Å². The summed E-state index contributed by atoms with van der Waals surface area (Å²) in [4.78, 5) is 33.9. The number of fused-ring (bicyclic) bond motifs is 7. The van der Waals surface area contributed by atoms with E-state index >= 15 is 0 Å². The van der Waals surface area contributed by atoms with Crippen LogP contribution >= 0.6 is 15.9 Å². The van der Waals surface area contributed by atoms with Crippen molar-refractivity contribution in [2.45, 2.75) is 120 Å². The van der Waals surface area contributed by atoms with Crippen molar-refractivity contribution in [2.75, 3.05) is 6.61 Å². The summed E-state index contributed by atoms with van der Waals surface area (Å²) >= 11 is 3.62. The minimum absolute atomic E-state index is 0.0242.